The monoisotopic (exact) mass is 431 g/mol. The maximum absolute atomic E-state index is 13.6. The first-order valence-electron chi connectivity index (χ1n) is 9.54. The van der Waals surface area contributed by atoms with Crippen LogP contribution in [-0.4, -0.2) is 21.2 Å². The van der Waals surface area contributed by atoms with E-state index in [1.54, 1.807) is 30.3 Å². The van der Waals surface area contributed by atoms with Crippen molar-refractivity contribution in [3.63, 3.8) is 0 Å². The predicted molar refractivity (Wildman–Crippen MR) is 106 cm³/mol. The van der Waals surface area contributed by atoms with Gasteiger partial charge in [-0.25, -0.2) is 13.9 Å². The number of rotatable bonds is 5. The summed E-state index contributed by atoms with van der Waals surface area (Å²) in [5.74, 6) is -2.11. The molecule has 0 aliphatic heterocycles. The molecule has 0 saturated heterocycles. The molecule has 2 aromatic heterocycles. The van der Waals surface area contributed by atoms with Crippen LogP contribution in [0.5, 0.6) is 0 Å². The van der Waals surface area contributed by atoms with E-state index in [0.717, 1.165) is 0 Å². The van der Waals surface area contributed by atoms with Crippen LogP contribution in [-0.2, 0) is 6.54 Å². The Labute approximate surface area is 173 Å². The minimum Gasteiger partial charge on any atom is -0.423 e. The van der Waals surface area contributed by atoms with Crippen molar-refractivity contribution in [2.24, 2.45) is 0 Å². The number of alkyl halides is 3. The number of benzene rings is 2. The fourth-order valence-electron chi connectivity index (χ4n) is 3.55. The van der Waals surface area contributed by atoms with Crippen molar-refractivity contribution in [1.82, 2.24) is 15.0 Å². The molecule has 9 heteroatoms. The molecule has 5 nitrogen and oxygen atoms in total. The van der Waals surface area contributed by atoms with Crippen LogP contribution in [0.4, 0.5) is 17.6 Å². The Hall–Kier alpha value is -3.49. The molecule has 31 heavy (non-hydrogen) atoms. The van der Waals surface area contributed by atoms with E-state index in [2.05, 4.69) is 10.3 Å². The topological polar surface area (TPSA) is 60.9 Å². The van der Waals surface area contributed by atoms with Gasteiger partial charge in [0.15, 0.2) is 0 Å². The normalized spacial score (nSPS) is 12.9. The van der Waals surface area contributed by atoms with Gasteiger partial charge in [-0.2, -0.15) is 13.2 Å². The summed E-state index contributed by atoms with van der Waals surface area (Å²) in [6, 6.07) is 12.2. The molecule has 0 fully saturated rings. The molecule has 0 amide bonds. The van der Waals surface area contributed by atoms with Gasteiger partial charge in [0.25, 0.3) is 0 Å². The molecule has 4 aromatic rings. The Balaban J connectivity index is 1.67. The fourth-order valence-corrected chi connectivity index (χ4v) is 3.55. The maximum Gasteiger partial charge on any atom is 0.397 e. The highest BCUT2D eigenvalue weighted by Crippen LogP contribution is 2.36. The average Bonchev–Trinajstić information content (AvgIpc) is 3.14. The lowest BCUT2D eigenvalue weighted by Crippen LogP contribution is -2.20. The van der Waals surface area contributed by atoms with E-state index in [4.69, 9.17) is 4.42 Å². The largest absolute Gasteiger partial charge is 0.423 e. The third-order valence-electron chi connectivity index (χ3n) is 5.01. The van der Waals surface area contributed by atoms with E-state index in [9.17, 15) is 22.4 Å². The first kappa shape index (κ1) is 20.8. The first-order valence-corrected chi connectivity index (χ1v) is 9.54. The van der Waals surface area contributed by atoms with Crippen LogP contribution in [0.2, 0.25) is 0 Å². The highest BCUT2D eigenvalue weighted by molar-refractivity contribution is 5.93. The molecule has 160 valence electrons. The van der Waals surface area contributed by atoms with Gasteiger partial charge in [-0.3, -0.25) is 0 Å². The van der Waals surface area contributed by atoms with Gasteiger partial charge >= 0.3 is 11.8 Å². The maximum atomic E-state index is 13.6. The lowest BCUT2D eigenvalue weighted by Gasteiger charge is -2.15. The van der Waals surface area contributed by atoms with E-state index in [0.29, 0.717) is 22.1 Å². The Morgan fingerprint density at radius 3 is 2.65 bits per heavy atom. The average molecular weight is 431 g/mol. The summed E-state index contributed by atoms with van der Waals surface area (Å²) in [6.07, 6.45) is -3.26. The molecule has 2 heterocycles. The molecule has 0 aliphatic rings. The van der Waals surface area contributed by atoms with Crippen molar-refractivity contribution < 1.29 is 22.0 Å². The summed E-state index contributed by atoms with van der Waals surface area (Å²) < 4.78 is 59.6. The molecule has 2 aromatic carbocycles. The van der Waals surface area contributed by atoms with E-state index in [-0.39, 0.29) is 24.2 Å². The van der Waals surface area contributed by atoms with E-state index < -0.39 is 23.5 Å². The van der Waals surface area contributed by atoms with Crippen molar-refractivity contribution in [2.75, 3.05) is 0 Å². The number of hydrogen-bond donors (Lipinski definition) is 0. The second-order valence-electron chi connectivity index (χ2n) is 7.16. The van der Waals surface area contributed by atoms with Gasteiger partial charge in [-0.15, -0.1) is 5.10 Å². The first-order chi connectivity index (χ1) is 14.7. The number of aromatic nitrogens is 3. The molecule has 0 saturated carbocycles. The zero-order chi connectivity index (χ0) is 22.2. The molecule has 1 unspecified atom stereocenters. The van der Waals surface area contributed by atoms with Crippen molar-refractivity contribution in [3.8, 4) is 11.1 Å². The second-order valence-corrected chi connectivity index (χ2v) is 7.16. The highest BCUT2D eigenvalue weighted by atomic mass is 19.4. The van der Waals surface area contributed by atoms with Gasteiger partial charge in [0, 0.05) is 17.6 Å². The van der Waals surface area contributed by atoms with Crippen molar-refractivity contribution in [2.45, 2.75) is 32.0 Å². The molecule has 0 N–H and O–H groups in total. The summed E-state index contributed by atoms with van der Waals surface area (Å²) >= 11 is 0. The van der Waals surface area contributed by atoms with Crippen molar-refractivity contribution in [1.29, 1.82) is 0 Å². The van der Waals surface area contributed by atoms with Gasteiger partial charge < -0.3 is 4.42 Å². The molecule has 0 aliphatic carbocycles. The summed E-state index contributed by atoms with van der Waals surface area (Å²) in [7, 11) is 0. The molecule has 0 spiro atoms. The Kier molecular flexibility index (Phi) is 5.34. The van der Waals surface area contributed by atoms with Gasteiger partial charge in [0.2, 0.25) is 0 Å². The molecule has 0 radical (unpaired) electrons. The Morgan fingerprint density at radius 2 is 1.94 bits per heavy atom. The minimum absolute atomic E-state index is 0.133. The summed E-state index contributed by atoms with van der Waals surface area (Å²) in [5.41, 5.74) is 1.26. The summed E-state index contributed by atoms with van der Waals surface area (Å²) in [4.78, 5) is 12.0. The van der Waals surface area contributed by atoms with Crippen LogP contribution in [0.3, 0.4) is 0 Å². The zero-order valence-electron chi connectivity index (χ0n) is 16.4. The van der Waals surface area contributed by atoms with Crippen molar-refractivity contribution >= 4 is 11.0 Å². The Morgan fingerprint density at radius 1 is 1.13 bits per heavy atom. The van der Waals surface area contributed by atoms with Crippen molar-refractivity contribution in [3.05, 3.63) is 82.2 Å². The quantitative estimate of drug-likeness (QED) is 0.318. The van der Waals surface area contributed by atoms with Crippen LogP contribution in [0.25, 0.3) is 22.1 Å². The number of halogens is 4. The standard InChI is InChI=1S/C22H17F4N3O2/c1-2-18(22(24,25)26)19-12-29(28-27-19)11-13-6-7-16-17(10-21(30)31-20(16)8-13)14-4-3-5-15(23)9-14/h3-10,12,18H,2,11H2,1H3. The Bertz CT molecular complexity index is 1290. The predicted octanol–water partition coefficient (Wildman–Crippen LogP) is 5.29. The number of hydrogen-bond acceptors (Lipinski definition) is 4. The third-order valence-corrected chi connectivity index (χ3v) is 5.01. The third kappa shape index (κ3) is 4.35. The second kappa shape index (κ2) is 7.98. The summed E-state index contributed by atoms with van der Waals surface area (Å²) in [5, 5.41) is 8.08. The fraction of sp³-hybridized carbons (Fsp3) is 0.227. The SMILES string of the molecule is CCC(c1cn(Cc2ccc3c(-c4cccc(F)c4)cc(=O)oc3c2)nn1)C(F)(F)F. The smallest absolute Gasteiger partial charge is 0.397 e. The lowest BCUT2D eigenvalue weighted by atomic mass is 10.0. The van der Waals surface area contributed by atoms with Crippen LogP contribution >= 0.6 is 0 Å². The lowest BCUT2D eigenvalue weighted by molar-refractivity contribution is -0.151. The summed E-state index contributed by atoms with van der Waals surface area (Å²) in [6.45, 7) is 1.59. The molecule has 4 rings (SSSR count). The zero-order valence-corrected chi connectivity index (χ0v) is 16.4. The number of fused-ring (bicyclic) bond motifs is 1. The molecule has 0 bridgehead atoms. The van der Waals surface area contributed by atoms with Crippen LogP contribution in [0.1, 0.15) is 30.5 Å². The van der Waals surface area contributed by atoms with E-state index in [1.165, 1.54) is 36.0 Å². The molecular formula is C22H17F4N3O2. The van der Waals surface area contributed by atoms with Gasteiger partial charge in [-0.1, -0.05) is 36.4 Å². The van der Waals surface area contributed by atoms with E-state index >= 15 is 0 Å². The molecular weight excluding hydrogens is 414 g/mol. The van der Waals surface area contributed by atoms with Gasteiger partial charge in [0.05, 0.1) is 12.2 Å². The number of nitrogens with zero attached hydrogens (tertiary/aromatic N) is 3. The van der Waals surface area contributed by atoms with Gasteiger partial charge in [-0.05, 0) is 41.3 Å². The van der Waals surface area contributed by atoms with Crippen LogP contribution < -0.4 is 5.63 Å². The molecule has 1 atom stereocenters. The van der Waals surface area contributed by atoms with Crippen LogP contribution in [0, 0.1) is 5.82 Å². The van der Waals surface area contributed by atoms with E-state index in [1.807, 2.05) is 0 Å². The minimum atomic E-state index is -4.39. The van der Waals surface area contributed by atoms with Gasteiger partial charge in [0.1, 0.15) is 17.3 Å². The van der Waals surface area contributed by atoms with Crippen LogP contribution in [0.15, 0.2) is 63.9 Å². The highest BCUT2D eigenvalue weighted by Gasteiger charge is 2.41.